The number of thiophene rings is 2. The first kappa shape index (κ1) is 49.0. The second-order valence-corrected chi connectivity index (χ2v) is 38.8. The summed E-state index contributed by atoms with van der Waals surface area (Å²) in [6.45, 7) is 18.9. The molecule has 0 spiro atoms. The van der Waals surface area contributed by atoms with E-state index in [1.807, 2.05) is 11.3 Å². The van der Waals surface area contributed by atoms with E-state index in [1.54, 1.807) is 7.59 Å². The molecule has 3 nitrogen and oxygen atoms in total. The first-order chi connectivity index (χ1) is 30.6. The molecule has 7 aromatic rings. The predicted molar refractivity (Wildman–Crippen MR) is 291 cm³/mol. The summed E-state index contributed by atoms with van der Waals surface area (Å²) < 4.78 is 13.3. The van der Waals surface area contributed by atoms with Gasteiger partial charge in [0, 0.05) is 4.88 Å². The minimum atomic E-state index is -2.32. The van der Waals surface area contributed by atoms with Gasteiger partial charge in [0.15, 0.2) is 0 Å². The standard InChI is InChI=1S/C54H78N3S2.3CH3.Sn/c1-8-14-18-20-22-24-28-42(29-25-23-21-19-15-9-2)57-50-35-45-48(55(47-30-31-58-53(45)47)37-40(12-5)26-16-10-3)33-43(50)44-34-49-46(36-51(44)57)54-52(32-39(7)59-54)56(49)38-41(13-6)27-17-11-4;;;;/h30,32-36,40-42H,8-29,37-38H2,1-7H3;3*1H3;. The van der Waals surface area contributed by atoms with E-state index in [2.05, 4.69) is 125 Å². The fraction of sp³-hybridized carbons (Fsp3) is 0.649. The molecule has 5 heterocycles. The van der Waals surface area contributed by atoms with Gasteiger partial charge < -0.3 is 0 Å². The Morgan fingerprint density at radius 3 is 1.33 bits per heavy atom. The van der Waals surface area contributed by atoms with E-state index in [4.69, 9.17) is 0 Å². The zero-order chi connectivity index (χ0) is 44.7. The zero-order valence-electron chi connectivity index (χ0n) is 41.8. The van der Waals surface area contributed by atoms with Gasteiger partial charge in [0.25, 0.3) is 0 Å². The molecule has 2 aromatic carbocycles. The molecule has 0 saturated heterocycles. The fourth-order valence-corrected chi connectivity index (χ4v) is 18.5. The summed E-state index contributed by atoms with van der Waals surface area (Å²) in [7, 11) is 0. The quantitative estimate of drug-likeness (QED) is 0.0343. The van der Waals surface area contributed by atoms with Crippen molar-refractivity contribution in [3.05, 3.63) is 41.3 Å². The van der Waals surface area contributed by atoms with Crippen molar-refractivity contribution >= 4 is 108 Å². The van der Waals surface area contributed by atoms with Crippen LogP contribution in [0.1, 0.15) is 194 Å². The number of aryl methyl sites for hydroxylation is 1. The Morgan fingerprint density at radius 2 is 0.873 bits per heavy atom. The Morgan fingerprint density at radius 1 is 0.444 bits per heavy atom. The van der Waals surface area contributed by atoms with Crippen LogP contribution in [0.5, 0.6) is 0 Å². The van der Waals surface area contributed by atoms with E-state index >= 15 is 0 Å². The molecular formula is C57H87N3S2Sn. The van der Waals surface area contributed by atoms with E-state index in [9.17, 15) is 0 Å². The van der Waals surface area contributed by atoms with E-state index in [1.165, 1.54) is 205 Å². The monoisotopic (exact) mass is 998 g/mol. The molecule has 346 valence electrons. The third-order valence-electron chi connectivity index (χ3n) is 15.1. The van der Waals surface area contributed by atoms with Crippen molar-refractivity contribution in [2.75, 3.05) is 0 Å². The summed E-state index contributed by atoms with van der Waals surface area (Å²) in [6.07, 6.45) is 29.3. The first-order valence-corrected chi connectivity index (χ1v) is 38.1. The molecule has 63 heavy (non-hydrogen) atoms. The van der Waals surface area contributed by atoms with Crippen LogP contribution in [-0.2, 0) is 13.1 Å². The van der Waals surface area contributed by atoms with Crippen molar-refractivity contribution < 1.29 is 0 Å². The number of nitrogens with zero attached hydrogens (tertiary/aromatic N) is 3. The molecule has 0 amide bonds. The molecule has 2 unspecified atom stereocenters. The topological polar surface area (TPSA) is 14.8 Å². The minimum absolute atomic E-state index is 0.513. The summed E-state index contributed by atoms with van der Waals surface area (Å²) in [5.74, 6) is 1.41. The number of fused-ring (bicyclic) bond motifs is 9. The second-order valence-electron chi connectivity index (χ2n) is 21.1. The van der Waals surface area contributed by atoms with Gasteiger partial charge in [-0.05, 0) is 25.3 Å². The first-order valence-electron chi connectivity index (χ1n) is 26.5. The van der Waals surface area contributed by atoms with Crippen LogP contribution in [0, 0.1) is 18.8 Å². The van der Waals surface area contributed by atoms with Gasteiger partial charge in [-0.25, -0.2) is 0 Å². The Labute approximate surface area is 395 Å². The number of hydrogen-bond acceptors (Lipinski definition) is 2. The molecule has 0 aliphatic carbocycles. The van der Waals surface area contributed by atoms with Crippen LogP contribution in [0.25, 0.3) is 64.0 Å². The van der Waals surface area contributed by atoms with Crippen LogP contribution in [0.2, 0.25) is 14.8 Å². The van der Waals surface area contributed by atoms with E-state index < -0.39 is 18.4 Å². The third kappa shape index (κ3) is 10.9. The van der Waals surface area contributed by atoms with Crippen molar-refractivity contribution in [2.45, 2.75) is 224 Å². The number of unbranched alkanes of at least 4 members (excludes halogenated alkanes) is 12. The maximum atomic E-state index is 2.94. The Hall–Kier alpha value is -1.96. The predicted octanol–water partition coefficient (Wildman–Crippen LogP) is 19.5. The van der Waals surface area contributed by atoms with Gasteiger partial charge in [-0.3, -0.25) is 0 Å². The molecule has 6 heteroatoms. The SMILES string of the molecule is CCCCCCCCC(CCCCCCCC)n1c2cc3c4sc(C)cc4n(CC(CC)CCCC)c3cc2c2cc3c(cc21)c1s[c]([Sn]([CH3])([CH3])[CH3])cc1n3CC(CC)CCCC. The number of rotatable bonds is 28. The number of hydrogen-bond donors (Lipinski definition) is 0. The molecule has 5 aromatic heterocycles. The molecule has 0 bridgehead atoms. The van der Waals surface area contributed by atoms with Crippen LogP contribution < -0.4 is 2.89 Å². The Bertz CT molecular complexity index is 2510. The van der Waals surface area contributed by atoms with Gasteiger partial charge in [-0.1, -0.05) is 85.5 Å². The number of aromatic nitrogens is 3. The van der Waals surface area contributed by atoms with Crippen LogP contribution in [0.4, 0.5) is 0 Å². The van der Waals surface area contributed by atoms with Crippen molar-refractivity contribution in [3.63, 3.8) is 0 Å². The van der Waals surface area contributed by atoms with E-state index in [0.717, 1.165) is 13.1 Å². The number of benzene rings is 2. The van der Waals surface area contributed by atoms with Crippen molar-refractivity contribution in [2.24, 2.45) is 11.8 Å². The van der Waals surface area contributed by atoms with Crippen molar-refractivity contribution in [1.82, 2.24) is 13.7 Å². The van der Waals surface area contributed by atoms with Crippen LogP contribution in [0.15, 0.2) is 36.4 Å². The van der Waals surface area contributed by atoms with Crippen LogP contribution in [0.3, 0.4) is 0 Å². The molecule has 0 N–H and O–H groups in total. The summed E-state index contributed by atoms with van der Waals surface area (Å²) in [5, 5.41) is 5.98. The average Bonchev–Trinajstić information content (AvgIpc) is 4.07. The van der Waals surface area contributed by atoms with Crippen molar-refractivity contribution in [1.29, 1.82) is 0 Å². The zero-order valence-corrected chi connectivity index (χ0v) is 46.3. The molecule has 0 fully saturated rings. The maximum absolute atomic E-state index is 2.94. The van der Waals surface area contributed by atoms with Gasteiger partial charge in [0.1, 0.15) is 0 Å². The van der Waals surface area contributed by atoms with E-state index in [-0.39, 0.29) is 0 Å². The van der Waals surface area contributed by atoms with Gasteiger partial charge in [-0.2, -0.15) is 0 Å². The second kappa shape index (κ2) is 22.7. The van der Waals surface area contributed by atoms with Crippen LogP contribution >= 0.6 is 22.7 Å². The average molecular weight is 997 g/mol. The summed E-state index contributed by atoms with van der Waals surface area (Å²) >= 11 is 1.87. The normalized spacial score (nSPS) is 13.8. The van der Waals surface area contributed by atoms with Gasteiger partial charge in [0.2, 0.25) is 0 Å². The summed E-state index contributed by atoms with van der Waals surface area (Å²) in [5.41, 5.74) is 8.93. The molecule has 2 atom stereocenters. The Kier molecular flexibility index (Phi) is 17.6. The molecule has 0 aliphatic rings. The van der Waals surface area contributed by atoms with Gasteiger partial charge >= 0.3 is 283 Å². The Balaban J connectivity index is 1.49. The summed E-state index contributed by atoms with van der Waals surface area (Å²) in [6, 6.07) is 16.5. The molecular weight excluding hydrogens is 909 g/mol. The fourth-order valence-electron chi connectivity index (χ4n) is 11.1. The van der Waals surface area contributed by atoms with Crippen LogP contribution in [-0.4, -0.2) is 32.1 Å². The van der Waals surface area contributed by atoms with Crippen molar-refractivity contribution in [3.8, 4) is 0 Å². The van der Waals surface area contributed by atoms with Gasteiger partial charge in [0.05, 0.1) is 0 Å². The van der Waals surface area contributed by atoms with Gasteiger partial charge in [-0.15, -0.1) is 0 Å². The van der Waals surface area contributed by atoms with E-state index in [0.29, 0.717) is 17.9 Å². The third-order valence-corrected chi connectivity index (χ3v) is 26.7. The summed E-state index contributed by atoms with van der Waals surface area (Å²) in [4.78, 5) is 9.28. The molecule has 0 radical (unpaired) electrons. The molecule has 7 rings (SSSR count). The molecule has 0 aliphatic heterocycles. The molecule has 0 saturated carbocycles.